The molecule has 0 bridgehead atoms. The Bertz CT molecular complexity index is 721. The van der Waals surface area contributed by atoms with Crippen LogP contribution < -0.4 is 5.32 Å². The lowest BCUT2D eigenvalue weighted by molar-refractivity contribution is -0.119. The van der Waals surface area contributed by atoms with Crippen molar-refractivity contribution < 1.29 is 18.7 Å². The number of esters is 1. The molecule has 0 spiro atoms. The molecular weight excluding hydrogens is 309 g/mol. The summed E-state index contributed by atoms with van der Waals surface area (Å²) < 4.78 is 18.0. The van der Waals surface area contributed by atoms with Crippen molar-refractivity contribution in [1.29, 1.82) is 0 Å². The van der Waals surface area contributed by atoms with Gasteiger partial charge in [0.1, 0.15) is 5.82 Å². The second kappa shape index (κ2) is 8.24. The van der Waals surface area contributed by atoms with E-state index in [1.54, 1.807) is 0 Å². The van der Waals surface area contributed by atoms with Crippen LogP contribution in [0, 0.1) is 5.82 Å². The third kappa shape index (κ3) is 4.41. The normalized spacial score (nSPS) is 10.3. The molecule has 0 heterocycles. The number of carbonyl (C=O) groups excluding carboxylic acids is 2. The van der Waals surface area contributed by atoms with E-state index in [-0.39, 0.29) is 5.56 Å². The summed E-state index contributed by atoms with van der Waals surface area (Å²) in [5.41, 5.74) is 2.90. The molecule has 0 atom stereocenters. The smallest absolute Gasteiger partial charge is 0.338 e. The van der Waals surface area contributed by atoms with Gasteiger partial charge < -0.3 is 10.1 Å². The van der Waals surface area contributed by atoms with Gasteiger partial charge in [0.2, 0.25) is 0 Å². The van der Waals surface area contributed by atoms with Gasteiger partial charge in [0.25, 0.3) is 5.91 Å². The Hall–Kier alpha value is -2.69. The Morgan fingerprint density at radius 2 is 1.67 bits per heavy atom. The van der Waals surface area contributed by atoms with Gasteiger partial charge in [-0.15, -0.1) is 0 Å². The predicted octanol–water partition coefficient (Wildman–Crippen LogP) is 3.75. The number of rotatable bonds is 6. The van der Waals surface area contributed by atoms with E-state index < -0.39 is 24.3 Å². The Morgan fingerprint density at radius 1 is 1.04 bits per heavy atom. The number of benzene rings is 2. The van der Waals surface area contributed by atoms with Crippen LogP contribution in [0.3, 0.4) is 0 Å². The van der Waals surface area contributed by atoms with Crippen LogP contribution in [0.2, 0.25) is 0 Å². The number of hydrogen-bond acceptors (Lipinski definition) is 3. The standard InChI is InChI=1S/C19H20FNO3/c1-3-13-7-5-8-14(4-2)18(13)21-17(22)12-24-19(23)15-9-6-10-16(20)11-15/h5-11H,3-4,12H2,1-2H3,(H,21,22). The van der Waals surface area contributed by atoms with Crippen LogP contribution in [0.25, 0.3) is 0 Å². The number of hydrogen-bond donors (Lipinski definition) is 1. The van der Waals surface area contributed by atoms with E-state index in [9.17, 15) is 14.0 Å². The molecule has 4 nitrogen and oxygen atoms in total. The summed E-state index contributed by atoms with van der Waals surface area (Å²) in [7, 11) is 0. The van der Waals surface area contributed by atoms with Gasteiger partial charge in [-0.25, -0.2) is 9.18 Å². The van der Waals surface area contributed by atoms with E-state index in [1.807, 2.05) is 32.0 Å². The molecule has 0 saturated heterocycles. The molecule has 0 radical (unpaired) electrons. The minimum Gasteiger partial charge on any atom is -0.452 e. The Kier molecular flexibility index (Phi) is 6.07. The van der Waals surface area contributed by atoms with Gasteiger partial charge in [0.05, 0.1) is 5.56 Å². The summed E-state index contributed by atoms with van der Waals surface area (Å²) in [4.78, 5) is 23.9. The van der Waals surface area contributed by atoms with Crippen molar-refractivity contribution in [3.8, 4) is 0 Å². The van der Waals surface area contributed by atoms with Crippen LogP contribution in [-0.4, -0.2) is 18.5 Å². The number of ether oxygens (including phenoxy) is 1. The van der Waals surface area contributed by atoms with Crippen molar-refractivity contribution in [2.75, 3.05) is 11.9 Å². The summed E-state index contributed by atoms with van der Waals surface area (Å²) in [6.07, 6.45) is 1.57. The van der Waals surface area contributed by atoms with Gasteiger partial charge in [0, 0.05) is 5.69 Å². The van der Waals surface area contributed by atoms with E-state index in [1.165, 1.54) is 18.2 Å². The third-order valence-corrected chi connectivity index (χ3v) is 3.66. The van der Waals surface area contributed by atoms with E-state index in [0.29, 0.717) is 0 Å². The third-order valence-electron chi connectivity index (χ3n) is 3.66. The summed E-state index contributed by atoms with van der Waals surface area (Å²) >= 11 is 0. The molecule has 126 valence electrons. The number of aryl methyl sites for hydroxylation is 2. The molecule has 0 aliphatic rings. The molecule has 0 fully saturated rings. The Morgan fingerprint density at radius 3 is 2.25 bits per heavy atom. The second-order valence-corrected chi connectivity index (χ2v) is 5.29. The highest BCUT2D eigenvalue weighted by Gasteiger charge is 2.13. The van der Waals surface area contributed by atoms with E-state index >= 15 is 0 Å². The van der Waals surface area contributed by atoms with Crippen LogP contribution >= 0.6 is 0 Å². The average molecular weight is 329 g/mol. The molecule has 1 amide bonds. The number of para-hydroxylation sites is 1. The zero-order chi connectivity index (χ0) is 17.5. The Balaban J connectivity index is 2.00. The summed E-state index contributed by atoms with van der Waals surface area (Å²) in [5, 5.41) is 2.81. The number of amides is 1. The monoisotopic (exact) mass is 329 g/mol. The molecule has 0 saturated carbocycles. The fraction of sp³-hybridized carbons (Fsp3) is 0.263. The van der Waals surface area contributed by atoms with Crippen LogP contribution in [0.1, 0.15) is 35.3 Å². The topological polar surface area (TPSA) is 55.4 Å². The summed E-state index contributed by atoms with van der Waals surface area (Å²) in [5.74, 6) is -1.68. The van der Waals surface area contributed by atoms with E-state index in [2.05, 4.69) is 5.32 Å². The van der Waals surface area contributed by atoms with Crippen LogP contribution in [0.4, 0.5) is 10.1 Å². The first kappa shape index (κ1) is 17.7. The molecule has 0 aliphatic heterocycles. The average Bonchev–Trinajstić information content (AvgIpc) is 2.59. The minimum absolute atomic E-state index is 0.0750. The highest BCUT2D eigenvalue weighted by atomic mass is 19.1. The second-order valence-electron chi connectivity index (χ2n) is 5.29. The van der Waals surface area contributed by atoms with Gasteiger partial charge in [-0.1, -0.05) is 38.1 Å². The molecule has 2 aromatic carbocycles. The maximum Gasteiger partial charge on any atom is 0.338 e. The van der Waals surface area contributed by atoms with Crippen LogP contribution in [0.15, 0.2) is 42.5 Å². The predicted molar refractivity (Wildman–Crippen MR) is 90.5 cm³/mol. The number of carbonyl (C=O) groups is 2. The van der Waals surface area contributed by atoms with E-state index in [4.69, 9.17) is 4.74 Å². The lowest BCUT2D eigenvalue weighted by atomic mass is 10.0. The van der Waals surface area contributed by atoms with Crippen LogP contribution in [-0.2, 0) is 22.4 Å². The van der Waals surface area contributed by atoms with Gasteiger partial charge in [0.15, 0.2) is 6.61 Å². The van der Waals surface area contributed by atoms with Gasteiger partial charge >= 0.3 is 5.97 Å². The quantitative estimate of drug-likeness (QED) is 0.821. The van der Waals surface area contributed by atoms with Gasteiger partial charge in [-0.3, -0.25) is 4.79 Å². The van der Waals surface area contributed by atoms with Crippen LogP contribution in [0.5, 0.6) is 0 Å². The first-order valence-corrected chi connectivity index (χ1v) is 7.88. The van der Waals surface area contributed by atoms with Crippen molar-refractivity contribution in [3.63, 3.8) is 0 Å². The fourth-order valence-corrected chi connectivity index (χ4v) is 2.41. The molecule has 1 N–H and O–H groups in total. The first-order valence-electron chi connectivity index (χ1n) is 7.88. The van der Waals surface area contributed by atoms with Gasteiger partial charge in [-0.05, 0) is 42.2 Å². The molecule has 2 rings (SSSR count). The minimum atomic E-state index is -0.732. The van der Waals surface area contributed by atoms with Crippen molar-refractivity contribution in [3.05, 3.63) is 65.0 Å². The zero-order valence-corrected chi connectivity index (χ0v) is 13.8. The summed E-state index contributed by atoms with van der Waals surface area (Å²) in [6.45, 7) is 3.60. The highest BCUT2D eigenvalue weighted by molar-refractivity contribution is 5.96. The number of nitrogens with one attached hydrogen (secondary N) is 1. The molecule has 2 aromatic rings. The first-order chi connectivity index (χ1) is 11.5. The molecule has 0 aliphatic carbocycles. The lowest BCUT2D eigenvalue weighted by Gasteiger charge is -2.14. The number of halogens is 1. The number of anilines is 1. The molecule has 5 heteroatoms. The van der Waals surface area contributed by atoms with E-state index in [0.717, 1.165) is 35.7 Å². The van der Waals surface area contributed by atoms with Crippen molar-refractivity contribution in [2.45, 2.75) is 26.7 Å². The molecular formula is C19H20FNO3. The maximum atomic E-state index is 13.1. The highest BCUT2D eigenvalue weighted by Crippen LogP contribution is 2.22. The zero-order valence-electron chi connectivity index (χ0n) is 13.8. The molecule has 0 unspecified atom stereocenters. The summed E-state index contributed by atoms with van der Waals surface area (Å²) in [6, 6.07) is 11.0. The SMILES string of the molecule is CCc1cccc(CC)c1NC(=O)COC(=O)c1cccc(F)c1. The van der Waals surface area contributed by atoms with Crippen molar-refractivity contribution in [2.24, 2.45) is 0 Å². The fourth-order valence-electron chi connectivity index (χ4n) is 2.41. The van der Waals surface area contributed by atoms with Crippen molar-refractivity contribution in [1.82, 2.24) is 0 Å². The maximum absolute atomic E-state index is 13.1. The largest absolute Gasteiger partial charge is 0.452 e. The van der Waals surface area contributed by atoms with Gasteiger partial charge in [-0.2, -0.15) is 0 Å². The Labute approximate surface area is 140 Å². The molecule has 24 heavy (non-hydrogen) atoms. The molecule has 0 aromatic heterocycles. The lowest BCUT2D eigenvalue weighted by Crippen LogP contribution is -2.22. The van der Waals surface area contributed by atoms with Crippen molar-refractivity contribution >= 4 is 17.6 Å².